The summed E-state index contributed by atoms with van der Waals surface area (Å²) < 4.78 is 12.1. The van der Waals surface area contributed by atoms with Gasteiger partial charge < -0.3 is 24.3 Å². The summed E-state index contributed by atoms with van der Waals surface area (Å²) in [6.45, 7) is 6.64. The van der Waals surface area contributed by atoms with Crippen LogP contribution in [0.2, 0.25) is 5.02 Å². The molecule has 1 N–H and O–H groups in total. The Labute approximate surface area is 192 Å². The number of benzene rings is 1. The number of ether oxygens (including phenoxy) is 2. The lowest BCUT2D eigenvalue weighted by Crippen LogP contribution is -2.42. The first kappa shape index (κ1) is 23.7. The number of likely N-dealkylation sites (tertiary alicyclic amines) is 1. The predicted octanol–water partition coefficient (Wildman–Crippen LogP) is 4.75. The fourth-order valence-corrected chi connectivity index (χ4v) is 3.82. The molecule has 0 atom stereocenters. The van der Waals surface area contributed by atoms with Crippen LogP contribution in [-0.4, -0.2) is 53.2 Å². The maximum absolute atomic E-state index is 12.9. The first-order valence-corrected chi connectivity index (χ1v) is 10.8. The lowest BCUT2D eigenvalue weighted by atomic mass is 10.0. The highest BCUT2D eigenvalue weighted by Gasteiger charge is 2.28. The van der Waals surface area contributed by atoms with Gasteiger partial charge in [0.05, 0.1) is 17.7 Å². The Morgan fingerprint density at radius 3 is 2.44 bits per heavy atom. The number of hydrogen-bond acceptors (Lipinski definition) is 5. The van der Waals surface area contributed by atoms with E-state index in [4.69, 9.17) is 21.1 Å². The number of anilines is 1. The summed E-state index contributed by atoms with van der Waals surface area (Å²) in [5.74, 6) is -0.881. The van der Waals surface area contributed by atoms with Gasteiger partial charge in [0.15, 0.2) is 0 Å². The highest BCUT2D eigenvalue weighted by molar-refractivity contribution is 6.33. The molecule has 0 radical (unpaired) electrons. The van der Waals surface area contributed by atoms with Gasteiger partial charge in [-0.15, -0.1) is 0 Å². The average molecular weight is 462 g/mol. The summed E-state index contributed by atoms with van der Waals surface area (Å²) in [6, 6.07) is 8.29. The molecule has 2 aromatic rings. The molecule has 1 aliphatic rings. The quantitative estimate of drug-likeness (QED) is 0.663. The molecule has 1 aliphatic heterocycles. The number of aromatic nitrogens is 1. The van der Waals surface area contributed by atoms with E-state index in [1.165, 1.54) is 19.2 Å². The minimum absolute atomic E-state index is 0.0836. The third-order valence-electron chi connectivity index (χ3n) is 5.15. The van der Waals surface area contributed by atoms with Crippen LogP contribution in [0.3, 0.4) is 0 Å². The van der Waals surface area contributed by atoms with E-state index >= 15 is 0 Å². The molecule has 0 spiro atoms. The fourth-order valence-electron chi connectivity index (χ4n) is 3.62. The largest absolute Gasteiger partial charge is 0.465 e. The van der Waals surface area contributed by atoms with Crippen LogP contribution in [0.15, 0.2) is 36.5 Å². The van der Waals surface area contributed by atoms with E-state index in [9.17, 15) is 14.4 Å². The van der Waals surface area contributed by atoms with E-state index in [0.29, 0.717) is 37.3 Å². The van der Waals surface area contributed by atoms with Crippen molar-refractivity contribution < 1.29 is 23.9 Å². The SMILES string of the molecule is COC(=O)c1cc(NC(=O)c2cccn2C2CCN(C(=O)OC(C)(C)C)CC2)ccc1Cl. The van der Waals surface area contributed by atoms with Gasteiger partial charge in [-0.2, -0.15) is 0 Å². The number of nitrogens with one attached hydrogen (secondary N) is 1. The molecule has 172 valence electrons. The minimum atomic E-state index is -0.578. The van der Waals surface area contributed by atoms with Crippen LogP contribution in [0, 0.1) is 0 Å². The maximum Gasteiger partial charge on any atom is 0.410 e. The lowest BCUT2D eigenvalue weighted by molar-refractivity contribution is 0.0187. The van der Waals surface area contributed by atoms with Crippen molar-refractivity contribution in [1.82, 2.24) is 9.47 Å². The number of piperidine rings is 1. The number of nitrogens with zero attached hydrogens (tertiary/aromatic N) is 2. The van der Waals surface area contributed by atoms with Crippen LogP contribution in [0.1, 0.15) is 60.5 Å². The number of hydrogen-bond donors (Lipinski definition) is 1. The van der Waals surface area contributed by atoms with Crippen molar-refractivity contribution >= 4 is 35.3 Å². The summed E-state index contributed by atoms with van der Waals surface area (Å²) in [7, 11) is 1.27. The van der Waals surface area contributed by atoms with E-state index in [2.05, 4.69) is 5.32 Å². The summed E-state index contributed by atoms with van der Waals surface area (Å²) in [4.78, 5) is 38.8. The molecule has 1 fully saturated rings. The van der Waals surface area contributed by atoms with E-state index in [0.717, 1.165) is 0 Å². The Kier molecular flexibility index (Phi) is 7.13. The van der Waals surface area contributed by atoms with Gasteiger partial charge in [-0.05, 0) is 63.9 Å². The lowest BCUT2D eigenvalue weighted by Gasteiger charge is -2.34. The number of carbonyl (C=O) groups is 3. The molecule has 3 rings (SSSR count). The monoisotopic (exact) mass is 461 g/mol. The van der Waals surface area contributed by atoms with Crippen LogP contribution in [0.25, 0.3) is 0 Å². The van der Waals surface area contributed by atoms with Crippen LogP contribution >= 0.6 is 11.6 Å². The van der Waals surface area contributed by atoms with Gasteiger partial charge in [-0.3, -0.25) is 4.79 Å². The molecule has 1 aromatic heterocycles. The summed E-state index contributed by atoms with van der Waals surface area (Å²) in [5, 5.41) is 3.06. The van der Waals surface area contributed by atoms with E-state index in [-0.39, 0.29) is 28.6 Å². The second-order valence-electron chi connectivity index (χ2n) is 8.64. The number of carbonyl (C=O) groups excluding carboxylic acids is 3. The smallest absolute Gasteiger partial charge is 0.410 e. The first-order chi connectivity index (χ1) is 15.1. The highest BCUT2D eigenvalue weighted by atomic mass is 35.5. The van der Waals surface area contributed by atoms with Crippen LogP contribution in [-0.2, 0) is 9.47 Å². The summed E-state index contributed by atoms with van der Waals surface area (Å²) in [6.07, 6.45) is 2.97. The van der Waals surface area contributed by atoms with Crippen molar-refractivity contribution in [3.05, 3.63) is 52.8 Å². The van der Waals surface area contributed by atoms with Gasteiger partial charge >= 0.3 is 12.1 Å². The molecule has 8 nitrogen and oxygen atoms in total. The fraction of sp³-hybridized carbons (Fsp3) is 0.435. The van der Waals surface area contributed by atoms with Crippen LogP contribution in [0.4, 0.5) is 10.5 Å². The molecule has 0 aliphatic carbocycles. The minimum Gasteiger partial charge on any atom is -0.465 e. The second-order valence-corrected chi connectivity index (χ2v) is 9.05. The van der Waals surface area contributed by atoms with Crippen molar-refractivity contribution in [3.63, 3.8) is 0 Å². The Morgan fingerprint density at radius 1 is 1.12 bits per heavy atom. The molecule has 2 amide bonds. The molecule has 1 aromatic carbocycles. The average Bonchev–Trinajstić information content (AvgIpc) is 3.23. The van der Waals surface area contributed by atoms with Gasteiger partial charge in [-0.25, -0.2) is 9.59 Å². The Hall–Kier alpha value is -3.00. The third-order valence-corrected chi connectivity index (χ3v) is 5.48. The first-order valence-electron chi connectivity index (χ1n) is 10.4. The molecule has 32 heavy (non-hydrogen) atoms. The molecule has 0 unspecified atom stereocenters. The Morgan fingerprint density at radius 2 is 1.81 bits per heavy atom. The molecule has 0 saturated carbocycles. The summed E-state index contributed by atoms with van der Waals surface area (Å²) in [5.41, 5.74) is 0.578. The van der Waals surface area contributed by atoms with Crippen LogP contribution in [0.5, 0.6) is 0 Å². The zero-order valence-corrected chi connectivity index (χ0v) is 19.4. The van der Waals surface area contributed by atoms with Gasteiger partial charge in [0, 0.05) is 31.0 Å². The number of methoxy groups -OCH3 is 1. The number of esters is 1. The van der Waals surface area contributed by atoms with Crippen molar-refractivity contribution in [2.75, 3.05) is 25.5 Å². The second kappa shape index (κ2) is 9.65. The van der Waals surface area contributed by atoms with Crippen molar-refractivity contribution in [3.8, 4) is 0 Å². The molecule has 2 heterocycles. The maximum atomic E-state index is 12.9. The zero-order valence-electron chi connectivity index (χ0n) is 18.7. The van der Waals surface area contributed by atoms with Gasteiger partial charge in [0.25, 0.3) is 5.91 Å². The Balaban J connectivity index is 1.67. The van der Waals surface area contributed by atoms with Crippen molar-refractivity contribution in [2.45, 2.75) is 45.3 Å². The number of amides is 2. The van der Waals surface area contributed by atoms with E-state index in [1.54, 1.807) is 17.0 Å². The summed E-state index contributed by atoms with van der Waals surface area (Å²) >= 11 is 6.05. The third kappa shape index (κ3) is 5.62. The molecular formula is C23H28ClN3O5. The van der Waals surface area contributed by atoms with Gasteiger partial charge in [-0.1, -0.05) is 11.6 Å². The topological polar surface area (TPSA) is 89.9 Å². The molecule has 0 bridgehead atoms. The molecular weight excluding hydrogens is 434 g/mol. The molecule has 9 heteroatoms. The standard InChI is InChI=1S/C23H28ClN3O5/c1-23(2,3)32-22(30)26-12-9-16(10-13-26)27-11-5-6-19(27)20(28)25-15-7-8-18(24)17(14-15)21(29)31-4/h5-8,11,14,16H,9-10,12-13H2,1-4H3,(H,25,28). The molecule has 1 saturated heterocycles. The predicted molar refractivity (Wildman–Crippen MR) is 121 cm³/mol. The van der Waals surface area contributed by atoms with Crippen molar-refractivity contribution in [2.24, 2.45) is 0 Å². The highest BCUT2D eigenvalue weighted by Crippen LogP contribution is 2.27. The van der Waals surface area contributed by atoms with Crippen molar-refractivity contribution in [1.29, 1.82) is 0 Å². The van der Waals surface area contributed by atoms with E-state index < -0.39 is 11.6 Å². The number of rotatable bonds is 4. The Bertz CT molecular complexity index is 1000. The number of halogens is 1. The van der Waals surface area contributed by atoms with E-state index in [1.807, 2.05) is 37.6 Å². The normalized spacial score (nSPS) is 14.7. The van der Waals surface area contributed by atoms with Gasteiger partial charge in [0.1, 0.15) is 11.3 Å². The zero-order chi connectivity index (χ0) is 23.5. The van der Waals surface area contributed by atoms with Crippen LogP contribution < -0.4 is 5.32 Å². The van der Waals surface area contributed by atoms with Gasteiger partial charge in [0.2, 0.25) is 0 Å².